The highest BCUT2D eigenvalue weighted by atomic mass is 35.5. The third kappa shape index (κ3) is 5.40. The molecule has 3 heteroatoms. The molecule has 0 aliphatic heterocycles. The topological polar surface area (TPSA) is 3.24 Å². The second-order valence-corrected chi connectivity index (χ2v) is 13.5. The Balaban J connectivity index is 1.30. The Hall–Kier alpha value is -5.15. The molecule has 8 rings (SSSR count). The molecule has 0 radical (unpaired) electrons. The minimum absolute atomic E-state index is 0.808. The van der Waals surface area contributed by atoms with Gasteiger partial charge in [0.1, 0.15) is 0 Å². The SMILES string of the molecule is Cc1ccc(N(c2ccc(C)cc2)c2ccc(-c3sc(-c4c5ccccc5c(Cl)c5ccccc45)cc3-c3ccccc3)cc2)cc1. The zero-order valence-corrected chi connectivity index (χ0v) is 27.8. The molecule has 0 saturated carbocycles. The molecule has 0 fully saturated rings. The van der Waals surface area contributed by atoms with E-state index in [4.69, 9.17) is 11.6 Å². The minimum atomic E-state index is 0.808. The van der Waals surface area contributed by atoms with Crippen LogP contribution in [0, 0.1) is 13.8 Å². The predicted molar refractivity (Wildman–Crippen MR) is 205 cm³/mol. The predicted octanol–water partition coefficient (Wildman–Crippen LogP) is 13.8. The Morgan fingerprint density at radius 3 is 1.43 bits per heavy atom. The molecule has 0 atom stereocenters. The fourth-order valence-electron chi connectivity index (χ4n) is 6.50. The summed E-state index contributed by atoms with van der Waals surface area (Å²) in [7, 11) is 0. The fraction of sp³-hybridized carbons (Fsp3) is 0.0455. The summed E-state index contributed by atoms with van der Waals surface area (Å²) in [4.78, 5) is 4.80. The summed E-state index contributed by atoms with van der Waals surface area (Å²) in [5.41, 5.74) is 10.7. The molecule has 0 aliphatic carbocycles. The number of thiophene rings is 1. The van der Waals surface area contributed by atoms with Crippen molar-refractivity contribution in [1.82, 2.24) is 0 Å². The largest absolute Gasteiger partial charge is 0.311 e. The van der Waals surface area contributed by atoms with Crippen LogP contribution in [0.1, 0.15) is 11.1 Å². The van der Waals surface area contributed by atoms with Crippen molar-refractivity contribution in [3.63, 3.8) is 0 Å². The van der Waals surface area contributed by atoms with Crippen LogP contribution >= 0.6 is 22.9 Å². The van der Waals surface area contributed by atoms with Crippen molar-refractivity contribution in [2.45, 2.75) is 13.8 Å². The van der Waals surface area contributed by atoms with Gasteiger partial charge < -0.3 is 4.90 Å². The first kappa shape index (κ1) is 29.3. The molecule has 7 aromatic carbocycles. The van der Waals surface area contributed by atoms with Gasteiger partial charge in [-0.1, -0.05) is 138 Å². The van der Waals surface area contributed by atoms with Crippen molar-refractivity contribution in [1.29, 1.82) is 0 Å². The van der Waals surface area contributed by atoms with Gasteiger partial charge in [0.05, 0.1) is 5.02 Å². The Bertz CT molecular complexity index is 2250. The van der Waals surface area contributed by atoms with E-state index < -0.39 is 0 Å². The molecule has 0 aliphatic rings. The van der Waals surface area contributed by atoms with Crippen molar-refractivity contribution in [3.05, 3.63) is 174 Å². The van der Waals surface area contributed by atoms with E-state index in [9.17, 15) is 0 Å². The molecule has 0 bridgehead atoms. The minimum Gasteiger partial charge on any atom is -0.311 e. The van der Waals surface area contributed by atoms with Gasteiger partial charge in [0.25, 0.3) is 0 Å². The van der Waals surface area contributed by atoms with Crippen LogP contribution in [0.5, 0.6) is 0 Å². The zero-order chi connectivity index (χ0) is 31.9. The van der Waals surface area contributed by atoms with E-state index >= 15 is 0 Å². The lowest BCUT2D eigenvalue weighted by molar-refractivity contribution is 1.27. The maximum Gasteiger partial charge on any atom is 0.0563 e. The van der Waals surface area contributed by atoms with Crippen molar-refractivity contribution >= 4 is 61.5 Å². The van der Waals surface area contributed by atoms with Crippen molar-refractivity contribution in [3.8, 4) is 32.0 Å². The molecule has 47 heavy (non-hydrogen) atoms. The van der Waals surface area contributed by atoms with Crippen LogP contribution in [0.15, 0.2) is 158 Å². The van der Waals surface area contributed by atoms with Crippen LogP contribution in [-0.4, -0.2) is 0 Å². The summed E-state index contributed by atoms with van der Waals surface area (Å²) in [5, 5.41) is 5.31. The van der Waals surface area contributed by atoms with E-state index in [0.717, 1.165) is 32.9 Å². The fourth-order valence-corrected chi connectivity index (χ4v) is 8.09. The molecule has 0 saturated heterocycles. The van der Waals surface area contributed by atoms with Crippen LogP contribution in [0.3, 0.4) is 0 Å². The smallest absolute Gasteiger partial charge is 0.0563 e. The first-order chi connectivity index (χ1) is 23.0. The molecular weight excluding hydrogens is 610 g/mol. The van der Waals surface area contributed by atoms with Gasteiger partial charge >= 0.3 is 0 Å². The van der Waals surface area contributed by atoms with E-state index in [1.807, 2.05) is 11.3 Å². The molecule has 8 aromatic rings. The molecular formula is C44H32ClNS. The Kier molecular flexibility index (Phi) is 7.61. The summed E-state index contributed by atoms with van der Waals surface area (Å²) in [6.45, 7) is 4.26. The number of hydrogen-bond donors (Lipinski definition) is 0. The molecule has 226 valence electrons. The molecule has 0 amide bonds. The third-order valence-corrected chi connectivity index (χ3v) is 10.5. The standard InChI is InChI=1S/C44H32ClNS/c1-29-16-22-33(23-17-29)46(34-24-18-30(2)19-25-34)35-26-20-32(21-27-35)44-40(31-10-4-3-5-11-31)28-41(47-44)42-36-12-6-8-14-38(36)43(45)39-15-9-7-13-37(39)42/h3-28H,1-2H3. The number of nitrogens with zero attached hydrogens (tertiary/aromatic N) is 1. The molecule has 0 unspecified atom stereocenters. The van der Waals surface area contributed by atoms with Crippen LogP contribution in [0.4, 0.5) is 17.1 Å². The maximum absolute atomic E-state index is 7.01. The highest BCUT2D eigenvalue weighted by molar-refractivity contribution is 7.19. The zero-order valence-electron chi connectivity index (χ0n) is 26.2. The molecule has 1 nitrogen and oxygen atoms in total. The van der Waals surface area contributed by atoms with Gasteiger partial charge in [-0.05, 0) is 78.2 Å². The highest BCUT2D eigenvalue weighted by Crippen LogP contribution is 2.49. The first-order valence-corrected chi connectivity index (χ1v) is 17.1. The van der Waals surface area contributed by atoms with Crippen LogP contribution in [0.25, 0.3) is 53.6 Å². The lowest BCUT2D eigenvalue weighted by atomic mass is 9.94. The molecule has 0 N–H and O–H groups in total. The van der Waals surface area contributed by atoms with E-state index in [0.29, 0.717) is 0 Å². The summed E-state index contributed by atoms with van der Waals surface area (Å²) in [6, 6.07) is 56.6. The number of benzene rings is 7. The summed E-state index contributed by atoms with van der Waals surface area (Å²) >= 11 is 8.86. The lowest BCUT2D eigenvalue weighted by Gasteiger charge is -2.26. The number of hydrogen-bond acceptors (Lipinski definition) is 2. The second-order valence-electron chi connectivity index (χ2n) is 12.1. The van der Waals surface area contributed by atoms with Gasteiger partial charge in [-0.15, -0.1) is 11.3 Å². The monoisotopic (exact) mass is 641 g/mol. The number of aryl methyl sites for hydroxylation is 2. The van der Waals surface area contributed by atoms with Crippen LogP contribution in [-0.2, 0) is 0 Å². The maximum atomic E-state index is 7.01. The number of rotatable bonds is 6. The second kappa shape index (κ2) is 12.2. The Morgan fingerprint density at radius 2 is 0.915 bits per heavy atom. The average molecular weight is 642 g/mol. The Morgan fingerprint density at radius 1 is 0.468 bits per heavy atom. The lowest BCUT2D eigenvalue weighted by Crippen LogP contribution is -2.09. The summed E-state index contributed by atoms with van der Waals surface area (Å²) in [5.74, 6) is 0. The molecule has 1 aromatic heterocycles. The van der Waals surface area contributed by atoms with Crippen molar-refractivity contribution < 1.29 is 0 Å². The van der Waals surface area contributed by atoms with Crippen molar-refractivity contribution in [2.75, 3.05) is 4.90 Å². The number of halogens is 1. The third-order valence-electron chi connectivity index (χ3n) is 8.90. The average Bonchev–Trinajstić information content (AvgIpc) is 3.56. The molecule has 0 spiro atoms. The number of anilines is 3. The quantitative estimate of drug-likeness (QED) is 0.163. The van der Waals surface area contributed by atoms with Gasteiger partial charge in [0, 0.05) is 48.7 Å². The van der Waals surface area contributed by atoms with E-state index in [-0.39, 0.29) is 0 Å². The van der Waals surface area contributed by atoms with Gasteiger partial charge in [0.2, 0.25) is 0 Å². The van der Waals surface area contributed by atoms with E-state index in [1.54, 1.807) is 0 Å². The van der Waals surface area contributed by atoms with Gasteiger partial charge in [-0.25, -0.2) is 0 Å². The van der Waals surface area contributed by atoms with Gasteiger partial charge in [0.15, 0.2) is 0 Å². The first-order valence-electron chi connectivity index (χ1n) is 15.9. The molecule has 1 heterocycles. The van der Waals surface area contributed by atoms with Crippen molar-refractivity contribution in [2.24, 2.45) is 0 Å². The summed E-state index contributed by atoms with van der Waals surface area (Å²) < 4.78 is 0. The van der Waals surface area contributed by atoms with Crippen LogP contribution in [0.2, 0.25) is 5.02 Å². The summed E-state index contributed by atoms with van der Waals surface area (Å²) in [6.07, 6.45) is 0. The normalized spacial score (nSPS) is 11.3. The highest BCUT2D eigenvalue weighted by Gasteiger charge is 2.20. The van der Waals surface area contributed by atoms with E-state index in [1.165, 1.54) is 53.9 Å². The Labute approximate surface area is 285 Å². The van der Waals surface area contributed by atoms with E-state index in [2.05, 4.69) is 176 Å². The van der Waals surface area contributed by atoms with Gasteiger partial charge in [-0.2, -0.15) is 0 Å². The van der Waals surface area contributed by atoms with Gasteiger partial charge in [-0.3, -0.25) is 0 Å². The number of fused-ring (bicyclic) bond motifs is 2. The van der Waals surface area contributed by atoms with Crippen LogP contribution < -0.4 is 4.90 Å².